The molecule has 2 atom stereocenters. The van der Waals surface area contributed by atoms with Crippen molar-refractivity contribution in [2.75, 3.05) is 21.1 Å². The number of hydrogen-bond donors (Lipinski definition) is 1. The monoisotopic (exact) mass is 374 g/mol. The summed E-state index contributed by atoms with van der Waals surface area (Å²) in [6.45, 7) is 5.31. The molecule has 27 heavy (non-hydrogen) atoms. The summed E-state index contributed by atoms with van der Waals surface area (Å²) in [5, 5.41) is 11.0. The Morgan fingerprint density at radius 2 is 1.48 bits per heavy atom. The predicted octanol–water partition coefficient (Wildman–Crippen LogP) is 5.38. The minimum Gasteiger partial charge on any atom is -0.507 e. The summed E-state index contributed by atoms with van der Waals surface area (Å²) in [6, 6.07) is 5.72. The van der Waals surface area contributed by atoms with Crippen molar-refractivity contribution in [2.24, 2.45) is 0 Å². The van der Waals surface area contributed by atoms with E-state index in [2.05, 4.69) is 56.9 Å². The third-order valence-corrected chi connectivity index (χ3v) is 6.29. The Labute approximate surface area is 167 Å². The van der Waals surface area contributed by atoms with Crippen LogP contribution in [0.4, 0.5) is 0 Å². The molecule has 1 N–H and O–H groups in total. The standard InChI is InChI=1S/C24H42N2O/c1-6-8-12-19-16-20(13-9-7-2)24(27)21(17-19)18-26(5)23-15-11-10-14-22(23)25(3)4/h16-17,22-23,27H,6-15,18H2,1-5H3/t22-,23-/m1/s1. The van der Waals surface area contributed by atoms with E-state index in [-0.39, 0.29) is 0 Å². The minimum absolute atomic E-state index is 0.549. The van der Waals surface area contributed by atoms with Gasteiger partial charge in [-0.15, -0.1) is 0 Å². The summed E-state index contributed by atoms with van der Waals surface area (Å²) in [7, 11) is 6.67. The lowest BCUT2D eigenvalue weighted by molar-refractivity contribution is 0.0871. The molecule has 0 saturated heterocycles. The van der Waals surface area contributed by atoms with Crippen LogP contribution in [-0.4, -0.2) is 48.1 Å². The molecule has 0 heterocycles. The number of hydrogen-bond acceptors (Lipinski definition) is 3. The number of aryl methyl sites for hydroxylation is 2. The summed E-state index contributed by atoms with van der Waals surface area (Å²) < 4.78 is 0. The molecule has 1 aromatic rings. The first-order valence-corrected chi connectivity index (χ1v) is 11.2. The molecule has 2 rings (SSSR count). The van der Waals surface area contributed by atoms with Gasteiger partial charge in [0.2, 0.25) is 0 Å². The highest BCUT2D eigenvalue weighted by molar-refractivity contribution is 5.44. The fraction of sp³-hybridized carbons (Fsp3) is 0.750. The molecule has 1 fully saturated rings. The van der Waals surface area contributed by atoms with Crippen LogP contribution in [0.3, 0.4) is 0 Å². The van der Waals surface area contributed by atoms with Crippen LogP contribution in [-0.2, 0) is 19.4 Å². The highest BCUT2D eigenvalue weighted by Gasteiger charge is 2.30. The van der Waals surface area contributed by atoms with Gasteiger partial charge < -0.3 is 10.0 Å². The van der Waals surface area contributed by atoms with Gasteiger partial charge in [0.25, 0.3) is 0 Å². The van der Waals surface area contributed by atoms with Gasteiger partial charge in [0.1, 0.15) is 5.75 Å². The smallest absolute Gasteiger partial charge is 0.123 e. The van der Waals surface area contributed by atoms with Crippen molar-refractivity contribution in [3.05, 3.63) is 28.8 Å². The molecule has 1 aromatic carbocycles. The molecular weight excluding hydrogens is 332 g/mol. The molecule has 0 amide bonds. The molecule has 0 aliphatic heterocycles. The first kappa shape index (κ1) is 22.2. The molecule has 1 aliphatic carbocycles. The Bertz CT molecular complexity index is 570. The van der Waals surface area contributed by atoms with E-state index < -0.39 is 0 Å². The fourth-order valence-corrected chi connectivity index (χ4v) is 4.63. The summed E-state index contributed by atoms with van der Waals surface area (Å²) >= 11 is 0. The van der Waals surface area contributed by atoms with E-state index in [0.29, 0.717) is 17.8 Å². The highest BCUT2D eigenvalue weighted by atomic mass is 16.3. The normalized spacial score (nSPS) is 20.6. The summed E-state index contributed by atoms with van der Waals surface area (Å²) in [5.41, 5.74) is 3.68. The maximum Gasteiger partial charge on any atom is 0.123 e. The molecule has 3 nitrogen and oxygen atoms in total. The third kappa shape index (κ3) is 6.22. The van der Waals surface area contributed by atoms with Gasteiger partial charge in [-0.2, -0.15) is 0 Å². The van der Waals surface area contributed by atoms with Gasteiger partial charge in [-0.05, 0) is 70.8 Å². The van der Waals surface area contributed by atoms with Gasteiger partial charge in [0.05, 0.1) is 0 Å². The van der Waals surface area contributed by atoms with Crippen molar-refractivity contribution >= 4 is 0 Å². The zero-order valence-electron chi connectivity index (χ0n) is 18.4. The second-order valence-corrected chi connectivity index (χ2v) is 8.77. The molecule has 0 unspecified atom stereocenters. The van der Waals surface area contributed by atoms with E-state index in [9.17, 15) is 5.11 Å². The number of nitrogens with zero attached hydrogens (tertiary/aromatic N) is 2. The van der Waals surface area contributed by atoms with Crippen LogP contribution in [0, 0.1) is 0 Å². The number of unbranched alkanes of at least 4 members (excludes halogenated alkanes) is 2. The van der Waals surface area contributed by atoms with Crippen LogP contribution in [0.2, 0.25) is 0 Å². The topological polar surface area (TPSA) is 26.7 Å². The SMILES string of the molecule is CCCCc1cc(CCCC)c(O)c(CN(C)[C@@H]2CCCC[C@H]2N(C)C)c1. The summed E-state index contributed by atoms with van der Waals surface area (Å²) in [5.74, 6) is 0.549. The van der Waals surface area contributed by atoms with Gasteiger partial charge >= 0.3 is 0 Å². The zero-order chi connectivity index (χ0) is 19.8. The van der Waals surface area contributed by atoms with Crippen LogP contribution >= 0.6 is 0 Å². The van der Waals surface area contributed by atoms with Crippen molar-refractivity contribution in [3.8, 4) is 5.75 Å². The summed E-state index contributed by atoms with van der Waals surface area (Å²) in [4.78, 5) is 4.89. The van der Waals surface area contributed by atoms with Gasteiger partial charge in [-0.3, -0.25) is 4.90 Å². The second-order valence-electron chi connectivity index (χ2n) is 8.77. The van der Waals surface area contributed by atoms with Crippen LogP contribution in [0.1, 0.15) is 81.9 Å². The number of phenolic OH excluding ortho intramolecular Hbond substituents is 1. The highest BCUT2D eigenvalue weighted by Crippen LogP contribution is 2.31. The Balaban J connectivity index is 2.21. The fourth-order valence-electron chi connectivity index (χ4n) is 4.63. The Morgan fingerprint density at radius 3 is 2.11 bits per heavy atom. The van der Waals surface area contributed by atoms with Gasteiger partial charge in [-0.1, -0.05) is 51.7 Å². The van der Waals surface area contributed by atoms with E-state index in [1.165, 1.54) is 50.5 Å². The first-order chi connectivity index (χ1) is 13.0. The van der Waals surface area contributed by atoms with Gasteiger partial charge in [0.15, 0.2) is 0 Å². The predicted molar refractivity (Wildman–Crippen MR) is 117 cm³/mol. The third-order valence-electron chi connectivity index (χ3n) is 6.29. The van der Waals surface area contributed by atoms with E-state index in [1.54, 1.807) is 0 Å². The molecule has 1 aliphatic rings. The Morgan fingerprint density at radius 1 is 0.889 bits per heavy atom. The van der Waals surface area contributed by atoms with Crippen molar-refractivity contribution in [1.29, 1.82) is 0 Å². The molecule has 0 aromatic heterocycles. The lowest BCUT2D eigenvalue weighted by Crippen LogP contribution is -2.49. The quantitative estimate of drug-likeness (QED) is 0.595. The lowest BCUT2D eigenvalue weighted by atomic mass is 9.88. The van der Waals surface area contributed by atoms with Crippen LogP contribution < -0.4 is 0 Å². The molecule has 3 heteroatoms. The van der Waals surface area contributed by atoms with Crippen molar-refractivity contribution < 1.29 is 5.11 Å². The van der Waals surface area contributed by atoms with Gasteiger partial charge in [0, 0.05) is 24.2 Å². The Hall–Kier alpha value is -1.06. The van der Waals surface area contributed by atoms with E-state index >= 15 is 0 Å². The average molecular weight is 375 g/mol. The van der Waals surface area contributed by atoms with E-state index in [1.807, 2.05) is 0 Å². The number of phenols is 1. The number of benzene rings is 1. The molecule has 1 saturated carbocycles. The summed E-state index contributed by atoms with van der Waals surface area (Å²) in [6.07, 6.45) is 12.1. The minimum atomic E-state index is 0.549. The molecule has 0 radical (unpaired) electrons. The average Bonchev–Trinajstić information content (AvgIpc) is 2.67. The molecule has 154 valence electrons. The number of likely N-dealkylation sites (N-methyl/N-ethyl adjacent to an activating group) is 2. The van der Waals surface area contributed by atoms with E-state index in [0.717, 1.165) is 36.9 Å². The van der Waals surface area contributed by atoms with Crippen molar-refractivity contribution in [1.82, 2.24) is 9.80 Å². The molecular formula is C24H42N2O. The van der Waals surface area contributed by atoms with E-state index in [4.69, 9.17) is 0 Å². The van der Waals surface area contributed by atoms with Crippen LogP contribution in [0.5, 0.6) is 5.75 Å². The maximum absolute atomic E-state index is 11.0. The van der Waals surface area contributed by atoms with Crippen LogP contribution in [0.15, 0.2) is 12.1 Å². The molecule has 0 bridgehead atoms. The number of rotatable bonds is 10. The second kappa shape index (κ2) is 11.1. The van der Waals surface area contributed by atoms with Crippen molar-refractivity contribution in [3.63, 3.8) is 0 Å². The zero-order valence-corrected chi connectivity index (χ0v) is 18.4. The lowest BCUT2D eigenvalue weighted by Gasteiger charge is -2.41. The number of aromatic hydroxyl groups is 1. The first-order valence-electron chi connectivity index (χ1n) is 11.2. The van der Waals surface area contributed by atoms with Crippen LogP contribution in [0.25, 0.3) is 0 Å². The van der Waals surface area contributed by atoms with Crippen molar-refractivity contribution in [2.45, 2.75) is 96.7 Å². The molecule has 0 spiro atoms. The Kier molecular flexibility index (Phi) is 9.11. The largest absolute Gasteiger partial charge is 0.507 e. The maximum atomic E-state index is 11.0. The van der Waals surface area contributed by atoms with Gasteiger partial charge in [-0.25, -0.2) is 0 Å².